The first-order valence-electron chi connectivity index (χ1n) is 4.92. The van der Waals surface area contributed by atoms with Gasteiger partial charge < -0.3 is 5.11 Å². The Balaban J connectivity index is 2.40. The number of aromatic hydroxyl groups is 1. The zero-order valence-corrected chi connectivity index (χ0v) is 9.86. The number of anilines is 1. The van der Waals surface area contributed by atoms with Crippen molar-refractivity contribution in [1.82, 2.24) is 4.98 Å². The Morgan fingerprint density at radius 3 is 2.56 bits per heavy atom. The molecular formula is C11H9FN2O3S. The summed E-state index contributed by atoms with van der Waals surface area (Å²) < 4.78 is 39.1. The molecule has 94 valence electrons. The van der Waals surface area contributed by atoms with E-state index in [-0.39, 0.29) is 11.6 Å². The van der Waals surface area contributed by atoms with E-state index in [0.29, 0.717) is 0 Å². The highest BCUT2D eigenvalue weighted by molar-refractivity contribution is 7.92. The molecule has 5 nitrogen and oxygen atoms in total. The van der Waals surface area contributed by atoms with E-state index in [1.807, 2.05) is 4.72 Å². The molecule has 0 aliphatic rings. The second-order valence-corrected chi connectivity index (χ2v) is 5.06. The van der Waals surface area contributed by atoms with E-state index in [4.69, 9.17) is 0 Å². The molecule has 0 atom stereocenters. The van der Waals surface area contributed by atoms with Crippen LogP contribution in [0.25, 0.3) is 0 Å². The fourth-order valence-electron chi connectivity index (χ4n) is 1.32. The molecule has 0 saturated heterocycles. The largest absolute Gasteiger partial charge is 0.504 e. The fraction of sp³-hybridized carbons (Fsp3) is 0. The lowest BCUT2D eigenvalue weighted by atomic mass is 10.4. The van der Waals surface area contributed by atoms with Crippen LogP contribution in [0.5, 0.6) is 5.75 Å². The number of hydrogen-bond donors (Lipinski definition) is 2. The topological polar surface area (TPSA) is 79.3 Å². The van der Waals surface area contributed by atoms with Crippen LogP contribution in [-0.2, 0) is 10.0 Å². The lowest BCUT2D eigenvalue weighted by molar-refractivity contribution is 0.475. The number of nitrogens with zero attached hydrogens (tertiary/aromatic N) is 1. The van der Waals surface area contributed by atoms with Crippen molar-refractivity contribution in [1.29, 1.82) is 0 Å². The van der Waals surface area contributed by atoms with Gasteiger partial charge in [-0.1, -0.05) is 12.1 Å². The highest BCUT2D eigenvalue weighted by atomic mass is 32.2. The molecule has 0 bridgehead atoms. The maximum atomic E-state index is 13.4. The van der Waals surface area contributed by atoms with Crippen LogP contribution in [0, 0.1) is 5.82 Å². The second kappa shape index (κ2) is 4.61. The molecule has 1 aromatic carbocycles. The van der Waals surface area contributed by atoms with Gasteiger partial charge in [-0.3, -0.25) is 4.72 Å². The van der Waals surface area contributed by atoms with E-state index >= 15 is 0 Å². The maximum absolute atomic E-state index is 13.4. The van der Waals surface area contributed by atoms with E-state index < -0.39 is 20.7 Å². The molecule has 2 N–H and O–H groups in total. The number of pyridine rings is 1. The second-order valence-electron chi connectivity index (χ2n) is 3.41. The van der Waals surface area contributed by atoms with Crippen molar-refractivity contribution < 1.29 is 17.9 Å². The molecule has 0 unspecified atom stereocenters. The summed E-state index contributed by atoms with van der Waals surface area (Å²) >= 11 is 0. The predicted octanol–water partition coefficient (Wildman–Crippen LogP) is 1.73. The smallest absolute Gasteiger partial charge is 0.266 e. The van der Waals surface area contributed by atoms with Crippen LogP contribution < -0.4 is 4.72 Å². The lowest BCUT2D eigenvalue weighted by Crippen LogP contribution is -2.15. The number of hydrogen-bond acceptors (Lipinski definition) is 4. The van der Waals surface area contributed by atoms with Crippen LogP contribution >= 0.6 is 0 Å². The minimum atomic E-state index is -4.11. The SMILES string of the molecule is O=S(=O)(Nc1ncccc1O)c1ccccc1F. The minimum absolute atomic E-state index is 0.249. The molecule has 0 aliphatic heterocycles. The first kappa shape index (κ1) is 12.3. The average molecular weight is 268 g/mol. The van der Waals surface area contributed by atoms with Crippen LogP contribution in [0.4, 0.5) is 10.2 Å². The van der Waals surface area contributed by atoms with E-state index in [1.165, 1.54) is 30.5 Å². The monoisotopic (exact) mass is 268 g/mol. The van der Waals surface area contributed by atoms with Gasteiger partial charge in [-0.15, -0.1) is 0 Å². The first-order chi connectivity index (χ1) is 8.50. The van der Waals surface area contributed by atoms with Gasteiger partial charge in [0.25, 0.3) is 10.0 Å². The number of halogens is 1. The molecule has 1 aromatic heterocycles. The fourth-order valence-corrected chi connectivity index (χ4v) is 2.42. The lowest BCUT2D eigenvalue weighted by Gasteiger charge is -2.08. The van der Waals surface area contributed by atoms with Gasteiger partial charge in [0.2, 0.25) is 0 Å². The summed E-state index contributed by atoms with van der Waals surface area (Å²) in [6, 6.07) is 7.65. The molecule has 18 heavy (non-hydrogen) atoms. The van der Waals surface area contributed by atoms with Crippen molar-refractivity contribution in [3.05, 3.63) is 48.4 Å². The van der Waals surface area contributed by atoms with Gasteiger partial charge in [0.15, 0.2) is 11.6 Å². The number of nitrogens with one attached hydrogen (secondary N) is 1. The zero-order valence-electron chi connectivity index (χ0n) is 9.04. The number of sulfonamides is 1. The quantitative estimate of drug-likeness (QED) is 0.888. The number of aromatic nitrogens is 1. The van der Waals surface area contributed by atoms with Crippen molar-refractivity contribution in [2.24, 2.45) is 0 Å². The van der Waals surface area contributed by atoms with Crippen molar-refractivity contribution in [3.63, 3.8) is 0 Å². The zero-order chi connectivity index (χ0) is 13.2. The van der Waals surface area contributed by atoms with Crippen LogP contribution in [0.15, 0.2) is 47.5 Å². The Hall–Kier alpha value is -2.15. The van der Waals surface area contributed by atoms with Crippen LogP contribution in [-0.4, -0.2) is 18.5 Å². The van der Waals surface area contributed by atoms with Crippen molar-refractivity contribution in [3.8, 4) is 5.75 Å². The maximum Gasteiger partial charge on any atom is 0.266 e. The average Bonchev–Trinajstić information content (AvgIpc) is 2.32. The molecule has 0 amide bonds. The summed E-state index contributed by atoms with van der Waals surface area (Å²) in [6.07, 6.45) is 1.30. The third kappa shape index (κ3) is 2.40. The van der Waals surface area contributed by atoms with E-state index in [0.717, 1.165) is 12.1 Å². The van der Waals surface area contributed by atoms with Crippen molar-refractivity contribution in [2.45, 2.75) is 4.90 Å². The molecule has 0 aliphatic carbocycles. The summed E-state index contributed by atoms with van der Waals surface area (Å²) in [4.78, 5) is 3.15. The van der Waals surface area contributed by atoms with Crippen molar-refractivity contribution >= 4 is 15.8 Å². The van der Waals surface area contributed by atoms with Gasteiger partial charge in [0, 0.05) is 6.20 Å². The van der Waals surface area contributed by atoms with Crippen LogP contribution in [0.2, 0.25) is 0 Å². The molecule has 2 aromatic rings. The van der Waals surface area contributed by atoms with E-state index in [2.05, 4.69) is 4.98 Å². The Labute approximate surface area is 103 Å². The molecule has 2 rings (SSSR count). The Bertz CT molecular complexity index is 673. The molecular weight excluding hydrogens is 259 g/mol. The summed E-state index contributed by atoms with van der Waals surface area (Å²) in [7, 11) is -4.11. The summed E-state index contributed by atoms with van der Waals surface area (Å²) in [6.45, 7) is 0. The van der Waals surface area contributed by atoms with Gasteiger partial charge in [0.05, 0.1) is 0 Å². The molecule has 1 heterocycles. The number of benzene rings is 1. The Morgan fingerprint density at radius 1 is 1.17 bits per heavy atom. The molecule has 0 radical (unpaired) electrons. The minimum Gasteiger partial charge on any atom is -0.504 e. The van der Waals surface area contributed by atoms with Gasteiger partial charge in [0.1, 0.15) is 10.7 Å². The van der Waals surface area contributed by atoms with Gasteiger partial charge in [-0.25, -0.2) is 17.8 Å². The van der Waals surface area contributed by atoms with Crippen molar-refractivity contribution in [2.75, 3.05) is 4.72 Å². The summed E-state index contributed by atoms with van der Waals surface area (Å²) in [5.41, 5.74) is 0. The first-order valence-corrected chi connectivity index (χ1v) is 6.40. The third-order valence-electron chi connectivity index (χ3n) is 2.14. The van der Waals surface area contributed by atoms with Crippen LogP contribution in [0.3, 0.4) is 0 Å². The summed E-state index contributed by atoms with van der Waals surface area (Å²) in [5.74, 6) is -1.46. The van der Waals surface area contributed by atoms with Gasteiger partial charge >= 0.3 is 0 Å². The molecule has 0 spiro atoms. The number of rotatable bonds is 3. The van der Waals surface area contributed by atoms with Crippen LogP contribution in [0.1, 0.15) is 0 Å². The molecule has 0 fully saturated rings. The van der Waals surface area contributed by atoms with E-state index in [1.54, 1.807) is 0 Å². The highest BCUT2D eigenvalue weighted by Gasteiger charge is 2.20. The standard InChI is InChI=1S/C11H9FN2O3S/c12-8-4-1-2-6-10(8)18(16,17)14-11-9(15)5-3-7-13-11/h1-7,15H,(H,13,14). The molecule has 7 heteroatoms. The highest BCUT2D eigenvalue weighted by Crippen LogP contribution is 2.23. The van der Waals surface area contributed by atoms with E-state index in [9.17, 15) is 17.9 Å². The Morgan fingerprint density at radius 2 is 1.89 bits per heavy atom. The molecule has 0 saturated carbocycles. The van der Waals surface area contributed by atoms with Gasteiger partial charge in [-0.05, 0) is 24.3 Å². The predicted molar refractivity (Wildman–Crippen MR) is 63.1 cm³/mol. The third-order valence-corrected chi connectivity index (χ3v) is 3.52. The normalized spacial score (nSPS) is 11.2. The van der Waals surface area contributed by atoms with Gasteiger partial charge in [-0.2, -0.15) is 0 Å². The summed E-state index contributed by atoms with van der Waals surface area (Å²) in [5, 5.41) is 9.41. The Kier molecular flexibility index (Phi) is 3.15.